The highest BCUT2D eigenvalue weighted by Crippen LogP contribution is 2.12. The first-order valence-corrected chi connectivity index (χ1v) is 6.12. The standard InChI is InChI=1S/C14H19O3/c1-2-3-11-17-14(16)13-9-5-4-7-12(13)8-6-10-15/h4-5,7,9H,2-3,6,8,10-11H2,1H3. The van der Waals surface area contributed by atoms with Crippen molar-refractivity contribution in [2.75, 3.05) is 13.2 Å². The van der Waals surface area contributed by atoms with Crippen molar-refractivity contribution >= 4 is 5.97 Å². The van der Waals surface area contributed by atoms with Gasteiger partial charge >= 0.3 is 5.97 Å². The van der Waals surface area contributed by atoms with Gasteiger partial charge in [-0.25, -0.2) is 9.90 Å². The molecule has 3 heteroatoms. The van der Waals surface area contributed by atoms with Crippen LogP contribution in [0.5, 0.6) is 0 Å². The number of hydrogen-bond acceptors (Lipinski definition) is 2. The van der Waals surface area contributed by atoms with Gasteiger partial charge in [0.25, 0.3) is 0 Å². The lowest BCUT2D eigenvalue weighted by molar-refractivity contribution is 0.0498. The van der Waals surface area contributed by atoms with E-state index in [9.17, 15) is 9.90 Å². The van der Waals surface area contributed by atoms with Crippen LogP contribution in [0, 0.1) is 0 Å². The van der Waals surface area contributed by atoms with Crippen LogP contribution >= 0.6 is 0 Å². The third kappa shape index (κ3) is 4.57. The average molecular weight is 235 g/mol. The van der Waals surface area contributed by atoms with E-state index in [1.807, 2.05) is 18.2 Å². The summed E-state index contributed by atoms with van der Waals surface area (Å²) in [4.78, 5) is 11.8. The predicted molar refractivity (Wildman–Crippen MR) is 65.5 cm³/mol. The quantitative estimate of drug-likeness (QED) is 0.538. The lowest BCUT2D eigenvalue weighted by atomic mass is 10.0. The molecule has 0 spiro atoms. The summed E-state index contributed by atoms with van der Waals surface area (Å²) in [5, 5.41) is 10.5. The molecule has 0 bridgehead atoms. The van der Waals surface area contributed by atoms with Crippen LogP contribution in [0.3, 0.4) is 0 Å². The summed E-state index contributed by atoms with van der Waals surface area (Å²) in [6.45, 7) is 2.40. The molecule has 0 aliphatic rings. The zero-order chi connectivity index (χ0) is 12.5. The number of benzene rings is 1. The minimum Gasteiger partial charge on any atom is -0.462 e. The van der Waals surface area contributed by atoms with Gasteiger partial charge in [0.05, 0.1) is 18.8 Å². The number of aryl methyl sites for hydroxylation is 1. The van der Waals surface area contributed by atoms with Crippen LogP contribution in [0.4, 0.5) is 0 Å². The Labute approximate surface area is 102 Å². The van der Waals surface area contributed by atoms with E-state index in [1.54, 1.807) is 6.07 Å². The summed E-state index contributed by atoms with van der Waals surface area (Å²) in [7, 11) is 0. The fraction of sp³-hybridized carbons (Fsp3) is 0.500. The maximum absolute atomic E-state index is 11.8. The van der Waals surface area contributed by atoms with E-state index >= 15 is 0 Å². The molecule has 1 aromatic rings. The molecule has 0 fully saturated rings. The number of ether oxygens (including phenoxy) is 1. The first-order chi connectivity index (χ1) is 8.29. The second-order valence-electron chi connectivity index (χ2n) is 3.95. The minimum atomic E-state index is -0.278. The Morgan fingerprint density at radius 1 is 1.24 bits per heavy atom. The first-order valence-electron chi connectivity index (χ1n) is 6.12. The van der Waals surface area contributed by atoms with E-state index in [0.29, 0.717) is 25.0 Å². The second-order valence-corrected chi connectivity index (χ2v) is 3.95. The number of unbranched alkanes of at least 4 members (excludes halogenated alkanes) is 1. The normalized spacial score (nSPS) is 10.2. The molecule has 1 rings (SSSR count). The van der Waals surface area contributed by atoms with Crippen LogP contribution in [-0.2, 0) is 16.3 Å². The molecule has 0 aliphatic carbocycles. The Morgan fingerprint density at radius 2 is 2.00 bits per heavy atom. The monoisotopic (exact) mass is 235 g/mol. The zero-order valence-electron chi connectivity index (χ0n) is 10.3. The molecule has 0 atom stereocenters. The molecule has 0 unspecified atom stereocenters. The molecule has 3 nitrogen and oxygen atoms in total. The SMILES string of the molecule is CCCCOC(=O)c1ccccc1CCC[O]. The third-order valence-electron chi connectivity index (χ3n) is 2.56. The average Bonchev–Trinajstić information content (AvgIpc) is 2.37. The van der Waals surface area contributed by atoms with Crippen LogP contribution in [0.2, 0.25) is 0 Å². The van der Waals surface area contributed by atoms with Crippen molar-refractivity contribution in [1.82, 2.24) is 0 Å². The maximum Gasteiger partial charge on any atom is 0.338 e. The topological polar surface area (TPSA) is 46.2 Å². The molecule has 17 heavy (non-hydrogen) atoms. The summed E-state index contributed by atoms with van der Waals surface area (Å²) in [5.74, 6) is -0.278. The smallest absolute Gasteiger partial charge is 0.338 e. The molecule has 0 N–H and O–H groups in total. The molecule has 0 aromatic heterocycles. The van der Waals surface area contributed by atoms with E-state index in [0.717, 1.165) is 18.4 Å². The number of rotatable bonds is 7. The van der Waals surface area contributed by atoms with Gasteiger partial charge in [0, 0.05) is 0 Å². The third-order valence-corrected chi connectivity index (χ3v) is 2.56. The van der Waals surface area contributed by atoms with Crippen LogP contribution in [0.1, 0.15) is 42.1 Å². The van der Waals surface area contributed by atoms with Gasteiger partial charge < -0.3 is 4.74 Å². The van der Waals surface area contributed by atoms with Crippen molar-refractivity contribution in [3.05, 3.63) is 35.4 Å². The molecule has 0 heterocycles. The Kier molecular flexibility index (Phi) is 6.33. The first kappa shape index (κ1) is 13.7. The highest BCUT2D eigenvalue weighted by Gasteiger charge is 2.11. The van der Waals surface area contributed by atoms with Gasteiger partial charge in [0.2, 0.25) is 0 Å². The van der Waals surface area contributed by atoms with Gasteiger partial charge in [-0.3, -0.25) is 0 Å². The molecule has 0 amide bonds. The number of hydrogen-bond donors (Lipinski definition) is 0. The van der Waals surface area contributed by atoms with Gasteiger partial charge in [0.1, 0.15) is 0 Å². The van der Waals surface area contributed by atoms with Crippen LogP contribution in [0.15, 0.2) is 24.3 Å². The highest BCUT2D eigenvalue weighted by atomic mass is 16.5. The van der Waals surface area contributed by atoms with Gasteiger partial charge in [-0.2, -0.15) is 0 Å². The molecular weight excluding hydrogens is 216 g/mol. The Morgan fingerprint density at radius 3 is 2.71 bits per heavy atom. The molecule has 1 aromatic carbocycles. The van der Waals surface area contributed by atoms with Crippen molar-refractivity contribution in [2.24, 2.45) is 0 Å². The maximum atomic E-state index is 11.8. The molecule has 93 valence electrons. The summed E-state index contributed by atoms with van der Waals surface area (Å²) in [5.41, 5.74) is 1.50. The molecule has 0 aliphatic heterocycles. The summed E-state index contributed by atoms with van der Waals surface area (Å²) in [6, 6.07) is 7.33. The fourth-order valence-corrected chi connectivity index (χ4v) is 1.59. The second kappa shape index (κ2) is 7.85. The zero-order valence-corrected chi connectivity index (χ0v) is 10.3. The minimum absolute atomic E-state index is 0.112. The van der Waals surface area contributed by atoms with Crippen molar-refractivity contribution in [2.45, 2.75) is 32.6 Å². The lowest BCUT2D eigenvalue weighted by Crippen LogP contribution is -2.09. The van der Waals surface area contributed by atoms with Crippen molar-refractivity contribution < 1.29 is 14.6 Å². The predicted octanol–water partition coefficient (Wildman–Crippen LogP) is 3.01. The van der Waals surface area contributed by atoms with Gasteiger partial charge in [-0.1, -0.05) is 31.5 Å². The molecule has 0 saturated carbocycles. The van der Waals surface area contributed by atoms with Crippen molar-refractivity contribution in [1.29, 1.82) is 0 Å². The molecule has 1 radical (unpaired) electrons. The highest BCUT2D eigenvalue weighted by molar-refractivity contribution is 5.91. The van der Waals surface area contributed by atoms with Crippen LogP contribution in [0.25, 0.3) is 0 Å². The van der Waals surface area contributed by atoms with E-state index < -0.39 is 0 Å². The van der Waals surface area contributed by atoms with E-state index in [2.05, 4.69) is 6.92 Å². The summed E-state index contributed by atoms with van der Waals surface area (Å²) < 4.78 is 5.17. The van der Waals surface area contributed by atoms with Gasteiger partial charge in [0.15, 0.2) is 0 Å². The lowest BCUT2D eigenvalue weighted by Gasteiger charge is -2.08. The van der Waals surface area contributed by atoms with Crippen molar-refractivity contribution in [3.8, 4) is 0 Å². The van der Waals surface area contributed by atoms with Crippen LogP contribution < -0.4 is 0 Å². The van der Waals surface area contributed by atoms with Gasteiger partial charge in [-0.05, 0) is 30.9 Å². The van der Waals surface area contributed by atoms with Crippen molar-refractivity contribution in [3.63, 3.8) is 0 Å². The van der Waals surface area contributed by atoms with E-state index in [1.165, 1.54) is 0 Å². The van der Waals surface area contributed by atoms with E-state index in [-0.39, 0.29) is 12.6 Å². The van der Waals surface area contributed by atoms with Gasteiger partial charge in [-0.15, -0.1) is 0 Å². The largest absolute Gasteiger partial charge is 0.462 e. The number of esters is 1. The molecule has 0 saturated heterocycles. The number of carbonyl (C=O) groups is 1. The Bertz CT molecular complexity index is 347. The fourth-order valence-electron chi connectivity index (χ4n) is 1.59. The summed E-state index contributed by atoms with van der Waals surface area (Å²) >= 11 is 0. The van der Waals surface area contributed by atoms with Crippen LogP contribution in [-0.4, -0.2) is 19.2 Å². The summed E-state index contributed by atoms with van der Waals surface area (Å²) in [6.07, 6.45) is 3.08. The van der Waals surface area contributed by atoms with E-state index in [4.69, 9.17) is 4.74 Å². The Hall–Kier alpha value is -1.35. The number of carbonyl (C=O) groups excluding carboxylic acids is 1. The molecular formula is C14H19O3. The Balaban J connectivity index is 2.64.